The van der Waals surface area contributed by atoms with E-state index in [1.807, 2.05) is 13.8 Å². The number of hydrogen-bond acceptors (Lipinski definition) is 11. The monoisotopic (exact) mass is 816 g/mol. The van der Waals surface area contributed by atoms with Crippen LogP contribution in [-0.4, -0.2) is 107 Å². The Morgan fingerprint density at radius 3 is 2.33 bits per heavy atom. The second kappa shape index (κ2) is 16.9. The molecule has 14 heteroatoms. The van der Waals surface area contributed by atoms with Crippen molar-refractivity contribution >= 4 is 35.1 Å². The lowest BCUT2D eigenvalue weighted by Crippen LogP contribution is -2.58. The Labute approximate surface area is 335 Å². The molecule has 16 atom stereocenters. The van der Waals surface area contributed by atoms with Gasteiger partial charge in [-0.1, -0.05) is 50.9 Å². The van der Waals surface area contributed by atoms with Crippen LogP contribution in [0.3, 0.4) is 0 Å². The summed E-state index contributed by atoms with van der Waals surface area (Å²) in [7, 11) is 3.14. The Kier molecular flexibility index (Phi) is 13.6. The summed E-state index contributed by atoms with van der Waals surface area (Å²) in [5.41, 5.74) is -1.71. The predicted octanol–water partition coefficient (Wildman–Crippen LogP) is 7.36. The molecule has 0 aliphatic carbocycles. The van der Waals surface area contributed by atoms with E-state index in [0.717, 1.165) is 6.42 Å². The Morgan fingerprint density at radius 1 is 1.04 bits per heavy atom. The molecule has 0 radical (unpaired) electrons. The minimum Gasteiger partial charge on any atom is -0.505 e. The fraction of sp³-hybridized carbons (Fsp3) is 0.805. The number of carboxylic acid groups (broad SMARTS) is 1. The highest BCUT2D eigenvalue weighted by molar-refractivity contribution is 6.36. The number of phenols is 1. The number of ether oxygens (including phenoxy) is 7. The Morgan fingerprint density at radius 2 is 1.71 bits per heavy atom. The van der Waals surface area contributed by atoms with Crippen LogP contribution in [0.1, 0.15) is 110 Å². The summed E-state index contributed by atoms with van der Waals surface area (Å²) in [4.78, 5) is 25.2. The quantitative estimate of drug-likeness (QED) is 0.180. The zero-order valence-corrected chi connectivity index (χ0v) is 35.6. The minimum absolute atomic E-state index is 0.0381. The van der Waals surface area contributed by atoms with Gasteiger partial charge < -0.3 is 48.5 Å². The van der Waals surface area contributed by atoms with Gasteiger partial charge in [0.05, 0.1) is 52.7 Å². The van der Waals surface area contributed by atoms with Gasteiger partial charge in [-0.2, -0.15) is 0 Å². The molecule has 0 bridgehead atoms. The average Bonchev–Trinajstić information content (AvgIpc) is 3.65. The van der Waals surface area contributed by atoms with Crippen molar-refractivity contribution in [2.24, 2.45) is 29.6 Å². The van der Waals surface area contributed by atoms with Gasteiger partial charge >= 0.3 is 11.9 Å². The van der Waals surface area contributed by atoms with Crippen LogP contribution in [0.4, 0.5) is 0 Å². The first-order valence-corrected chi connectivity index (χ1v) is 20.4. The van der Waals surface area contributed by atoms with Crippen LogP contribution >= 0.6 is 23.2 Å². The first-order chi connectivity index (χ1) is 25.6. The molecule has 5 rings (SSSR count). The van der Waals surface area contributed by atoms with E-state index >= 15 is 0 Å². The van der Waals surface area contributed by atoms with E-state index in [2.05, 4.69) is 27.7 Å². The molecule has 4 saturated heterocycles. The van der Waals surface area contributed by atoms with Crippen LogP contribution < -0.4 is 0 Å². The van der Waals surface area contributed by atoms with Gasteiger partial charge in [0, 0.05) is 43.9 Å². The van der Waals surface area contributed by atoms with Crippen LogP contribution in [0.5, 0.6) is 5.75 Å². The zero-order chi connectivity index (χ0) is 40.9. The lowest BCUT2D eigenvalue weighted by molar-refractivity contribution is -0.353. The maximum absolute atomic E-state index is 13.3. The summed E-state index contributed by atoms with van der Waals surface area (Å²) in [6.07, 6.45) is -0.677. The normalized spacial score (nSPS) is 40.1. The number of esters is 1. The molecule has 4 fully saturated rings. The van der Waals surface area contributed by atoms with Crippen LogP contribution in [0, 0.1) is 36.5 Å². The number of aliphatic hydroxyl groups is 1. The number of halogens is 2. The molecule has 12 nitrogen and oxygen atoms in total. The van der Waals surface area contributed by atoms with Crippen molar-refractivity contribution in [3.8, 4) is 5.75 Å². The SMILES string of the molecule is CO[C@@H]([C@H](C)OC(=O)c1c(C)c(Cl)cc(Cl)c1O)[C@@H](O)[C@]1(C)CC[C@H]([C@@]2(C)C[C@@H](C)[C@@]3(O[C@H](C[C@@H]4O[C@@H]([C@@H](C)C(=O)O)[C@@H](C)CC4C)C[C@@H](OC)[C@H]3C)O2)O1. The number of carbonyl (C=O) groups excluding carboxylic acids is 1. The largest absolute Gasteiger partial charge is 0.505 e. The number of carboxylic acids is 1. The number of rotatable bonds is 12. The van der Waals surface area contributed by atoms with Crippen LogP contribution in [-0.2, 0) is 38.0 Å². The maximum Gasteiger partial charge on any atom is 0.342 e. The third kappa shape index (κ3) is 8.41. The molecular formula is C41H62Cl2O12. The van der Waals surface area contributed by atoms with Gasteiger partial charge in [-0.3, -0.25) is 4.79 Å². The van der Waals surface area contributed by atoms with E-state index in [4.69, 9.17) is 56.4 Å². The Hall–Kier alpha value is -1.74. The number of aliphatic hydroxyl groups excluding tert-OH is 1. The molecule has 4 aliphatic heterocycles. The fourth-order valence-corrected chi connectivity index (χ4v) is 10.5. The average molecular weight is 818 g/mol. The molecule has 1 aromatic rings. The molecule has 55 heavy (non-hydrogen) atoms. The van der Waals surface area contributed by atoms with Crippen molar-refractivity contribution < 1.29 is 58.1 Å². The third-order valence-corrected chi connectivity index (χ3v) is 14.1. The van der Waals surface area contributed by atoms with Gasteiger partial charge in [-0.05, 0) is 83.8 Å². The minimum atomic E-state index is -1.21. The van der Waals surface area contributed by atoms with Gasteiger partial charge in [-0.15, -0.1) is 0 Å². The van der Waals surface area contributed by atoms with Crippen molar-refractivity contribution in [2.75, 3.05) is 14.2 Å². The molecule has 312 valence electrons. The zero-order valence-electron chi connectivity index (χ0n) is 34.1. The van der Waals surface area contributed by atoms with Gasteiger partial charge in [0.2, 0.25) is 0 Å². The van der Waals surface area contributed by atoms with Gasteiger partial charge in [0.25, 0.3) is 0 Å². The Bertz CT molecular complexity index is 1530. The van der Waals surface area contributed by atoms with Crippen molar-refractivity contribution in [1.29, 1.82) is 0 Å². The number of hydrogen-bond donors (Lipinski definition) is 3. The molecular weight excluding hydrogens is 755 g/mol. The predicted molar refractivity (Wildman–Crippen MR) is 206 cm³/mol. The summed E-state index contributed by atoms with van der Waals surface area (Å²) in [6, 6.07) is 1.35. The summed E-state index contributed by atoms with van der Waals surface area (Å²) < 4.78 is 45.0. The second-order valence-electron chi connectivity index (χ2n) is 17.4. The van der Waals surface area contributed by atoms with E-state index < -0.39 is 65.0 Å². The third-order valence-electron chi connectivity index (χ3n) is 13.4. The molecule has 4 aliphatic rings. The molecule has 4 heterocycles. The molecule has 0 aromatic heterocycles. The fourth-order valence-electron chi connectivity index (χ4n) is 10.0. The van der Waals surface area contributed by atoms with E-state index in [1.54, 1.807) is 27.9 Å². The first kappa shape index (κ1) is 44.4. The standard InChI is InChI=1S/C41H62Cl2O12/c1-19-14-20(2)34(23(5)37(46)47)52-29(19)15-26-16-30(49-10)24(6)41(53-26)21(3)18-40(9,55-41)31-12-13-39(8,54-31)36(45)35(50-11)25(7)51-38(48)32-22(4)27(42)17-28(43)33(32)44/h17,19-21,23-26,29-31,34-36,44-45H,12-16,18H2,1-11H3,(H,46,47)/t19?,20-,21+,23+,24+,25-,26+,29-,30+,31+,34+,35-,36+,39-,40+,41+/m0/s1. The van der Waals surface area contributed by atoms with E-state index in [9.17, 15) is 24.9 Å². The van der Waals surface area contributed by atoms with Crippen molar-refractivity contribution in [2.45, 2.75) is 167 Å². The summed E-state index contributed by atoms with van der Waals surface area (Å²) in [6.45, 7) is 17.2. The van der Waals surface area contributed by atoms with Crippen molar-refractivity contribution in [1.82, 2.24) is 0 Å². The van der Waals surface area contributed by atoms with E-state index in [0.29, 0.717) is 37.7 Å². The highest BCUT2D eigenvalue weighted by Crippen LogP contribution is 2.56. The molecule has 1 spiro atoms. The lowest BCUT2D eigenvalue weighted by atomic mass is 9.77. The maximum atomic E-state index is 13.3. The number of aliphatic carboxylic acids is 1. The van der Waals surface area contributed by atoms with Crippen molar-refractivity contribution in [3.05, 3.63) is 27.2 Å². The molecule has 1 unspecified atom stereocenters. The highest BCUT2D eigenvalue weighted by Gasteiger charge is 2.64. The van der Waals surface area contributed by atoms with Crippen LogP contribution in [0.25, 0.3) is 0 Å². The van der Waals surface area contributed by atoms with Crippen molar-refractivity contribution in [3.63, 3.8) is 0 Å². The first-order valence-electron chi connectivity index (χ1n) is 19.7. The van der Waals surface area contributed by atoms with Gasteiger partial charge in [-0.25, -0.2) is 4.79 Å². The summed E-state index contributed by atoms with van der Waals surface area (Å²) in [5.74, 6) is -3.55. The molecule has 3 N–H and O–H groups in total. The Balaban J connectivity index is 1.29. The lowest BCUT2D eigenvalue weighted by Gasteiger charge is -2.51. The summed E-state index contributed by atoms with van der Waals surface area (Å²) in [5, 5.41) is 32.2. The van der Waals surface area contributed by atoms with E-state index in [1.165, 1.54) is 13.2 Å². The van der Waals surface area contributed by atoms with Gasteiger partial charge in [0.1, 0.15) is 29.6 Å². The van der Waals surface area contributed by atoms with Crippen LogP contribution in [0.15, 0.2) is 6.07 Å². The number of carbonyl (C=O) groups is 2. The molecule has 0 saturated carbocycles. The number of phenolic OH excluding ortho intramolecular Hbond substituents is 1. The highest BCUT2D eigenvalue weighted by atomic mass is 35.5. The molecule has 1 aromatic carbocycles. The number of benzene rings is 1. The molecule has 0 amide bonds. The van der Waals surface area contributed by atoms with E-state index in [-0.39, 0.29) is 63.7 Å². The van der Waals surface area contributed by atoms with Gasteiger partial charge in [0.15, 0.2) is 5.79 Å². The number of aromatic hydroxyl groups is 1. The topological polar surface area (TPSA) is 159 Å². The number of methoxy groups -OCH3 is 2. The summed E-state index contributed by atoms with van der Waals surface area (Å²) >= 11 is 12.3. The van der Waals surface area contributed by atoms with Crippen LogP contribution in [0.2, 0.25) is 10.0 Å². The second-order valence-corrected chi connectivity index (χ2v) is 18.2. The smallest absolute Gasteiger partial charge is 0.342 e.